The number of para-hydroxylation sites is 2. The van der Waals surface area contributed by atoms with Crippen molar-refractivity contribution in [1.29, 1.82) is 0 Å². The van der Waals surface area contributed by atoms with Gasteiger partial charge >= 0.3 is 0 Å². The van der Waals surface area contributed by atoms with Crippen molar-refractivity contribution in [3.8, 4) is 0 Å². The van der Waals surface area contributed by atoms with Crippen LogP contribution in [-0.4, -0.2) is 9.55 Å². The maximum absolute atomic E-state index is 4.77. The zero-order valence-electron chi connectivity index (χ0n) is 14.3. The SMILES string of the molecule is Cn1c(CNC(c2ccccc2)c2ccccc2)nc2ccccc21. The Morgan fingerprint density at radius 3 is 1.96 bits per heavy atom. The van der Waals surface area contributed by atoms with Crippen LogP contribution in [0.25, 0.3) is 11.0 Å². The summed E-state index contributed by atoms with van der Waals surface area (Å²) < 4.78 is 2.16. The summed E-state index contributed by atoms with van der Waals surface area (Å²) in [5.74, 6) is 1.04. The quantitative estimate of drug-likeness (QED) is 0.587. The molecule has 0 atom stereocenters. The second-order valence-corrected chi connectivity index (χ2v) is 6.21. The van der Waals surface area contributed by atoms with Crippen LogP contribution >= 0.6 is 0 Å². The monoisotopic (exact) mass is 327 g/mol. The van der Waals surface area contributed by atoms with E-state index in [0.717, 1.165) is 16.9 Å². The fourth-order valence-electron chi connectivity index (χ4n) is 3.27. The second-order valence-electron chi connectivity index (χ2n) is 6.21. The summed E-state index contributed by atoms with van der Waals surface area (Å²) in [6.07, 6.45) is 0. The fraction of sp³-hybridized carbons (Fsp3) is 0.136. The molecule has 1 aromatic heterocycles. The van der Waals surface area contributed by atoms with E-state index in [2.05, 4.69) is 95.8 Å². The van der Waals surface area contributed by atoms with Gasteiger partial charge in [-0.15, -0.1) is 0 Å². The Hall–Kier alpha value is -2.91. The van der Waals surface area contributed by atoms with E-state index in [0.29, 0.717) is 6.54 Å². The van der Waals surface area contributed by atoms with E-state index in [-0.39, 0.29) is 6.04 Å². The van der Waals surface area contributed by atoms with Crippen LogP contribution < -0.4 is 5.32 Å². The zero-order chi connectivity index (χ0) is 17.1. The van der Waals surface area contributed by atoms with Crippen molar-refractivity contribution >= 4 is 11.0 Å². The predicted octanol–water partition coefficient (Wildman–Crippen LogP) is 4.45. The van der Waals surface area contributed by atoms with Crippen LogP contribution in [0.5, 0.6) is 0 Å². The predicted molar refractivity (Wildman–Crippen MR) is 102 cm³/mol. The molecule has 1 N–H and O–H groups in total. The molecule has 1 heterocycles. The molecule has 0 saturated heterocycles. The smallest absolute Gasteiger partial charge is 0.123 e. The van der Waals surface area contributed by atoms with Crippen molar-refractivity contribution in [3.05, 3.63) is 102 Å². The normalized spacial score (nSPS) is 11.3. The molecule has 0 aliphatic carbocycles. The largest absolute Gasteiger partial charge is 0.330 e. The average Bonchev–Trinajstić information content (AvgIpc) is 3.00. The van der Waals surface area contributed by atoms with Gasteiger partial charge in [0.05, 0.1) is 23.6 Å². The number of rotatable bonds is 5. The molecule has 4 rings (SSSR count). The number of fused-ring (bicyclic) bond motifs is 1. The number of hydrogen-bond acceptors (Lipinski definition) is 2. The molecule has 0 radical (unpaired) electrons. The molecule has 124 valence electrons. The van der Waals surface area contributed by atoms with E-state index in [1.54, 1.807) is 0 Å². The molecule has 0 unspecified atom stereocenters. The van der Waals surface area contributed by atoms with Gasteiger partial charge in [-0.3, -0.25) is 5.32 Å². The Balaban J connectivity index is 1.64. The van der Waals surface area contributed by atoms with E-state index >= 15 is 0 Å². The van der Waals surface area contributed by atoms with Gasteiger partial charge in [0.25, 0.3) is 0 Å². The lowest BCUT2D eigenvalue weighted by molar-refractivity contribution is 0.576. The molecule has 0 aliphatic heterocycles. The average molecular weight is 327 g/mol. The van der Waals surface area contributed by atoms with Crippen molar-refractivity contribution < 1.29 is 0 Å². The highest BCUT2D eigenvalue weighted by Gasteiger charge is 2.15. The topological polar surface area (TPSA) is 29.9 Å². The third kappa shape index (κ3) is 3.19. The first-order chi connectivity index (χ1) is 12.3. The molecule has 0 spiro atoms. The van der Waals surface area contributed by atoms with Crippen molar-refractivity contribution in [1.82, 2.24) is 14.9 Å². The molecule has 0 fully saturated rings. The number of nitrogens with one attached hydrogen (secondary N) is 1. The minimum absolute atomic E-state index is 0.141. The van der Waals surface area contributed by atoms with Crippen molar-refractivity contribution in [2.24, 2.45) is 7.05 Å². The van der Waals surface area contributed by atoms with Crippen LogP contribution in [0.15, 0.2) is 84.9 Å². The van der Waals surface area contributed by atoms with Gasteiger partial charge < -0.3 is 4.57 Å². The summed E-state index contributed by atoms with van der Waals surface area (Å²) in [5.41, 5.74) is 4.72. The molecular formula is C22H21N3. The number of aromatic nitrogens is 2. The molecule has 3 nitrogen and oxygen atoms in total. The third-order valence-electron chi connectivity index (χ3n) is 4.61. The van der Waals surface area contributed by atoms with E-state index in [9.17, 15) is 0 Å². The third-order valence-corrected chi connectivity index (χ3v) is 4.61. The van der Waals surface area contributed by atoms with Crippen LogP contribution in [0.1, 0.15) is 23.0 Å². The molecule has 3 heteroatoms. The Kier molecular flexibility index (Phi) is 4.32. The molecular weight excluding hydrogens is 306 g/mol. The minimum Gasteiger partial charge on any atom is -0.330 e. The van der Waals surface area contributed by atoms with Crippen LogP contribution in [0, 0.1) is 0 Å². The van der Waals surface area contributed by atoms with Gasteiger partial charge in [0.2, 0.25) is 0 Å². The van der Waals surface area contributed by atoms with Crippen LogP contribution in [0.2, 0.25) is 0 Å². The van der Waals surface area contributed by atoms with Gasteiger partial charge in [-0.1, -0.05) is 72.8 Å². The van der Waals surface area contributed by atoms with E-state index < -0.39 is 0 Å². The van der Waals surface area contributed by atoms with Crippen LogP contribution in [0.3, 0.4) is 0 Å². The van der Waals surface area contributed by atoms with Gasteiger partial charge in [0.1, 0.15) is 5.82 Å². The standard InChI is InChI=1S/C22H21N3/c1-25-20-15-9-8-14-19(20)24-21(25)16-23-22(17-10-4-2-5-11-17)18-12-6-3-7-13-18/h2-15,22-23H,16H2,1H3. The maximum atomic E-state index is 4.77. The van der Waals surface area contributed by atoms with Crippen molar-refractivity contribution in [2.75, 3.05) is 0 Å². The van der Waals surface area contributed by atoms with Crippen molar-refractivity contribution in [2.45, 2.75) is 12.6 Å². The second kappa shape index (κ2) is 6.91. The summed E-state index contributed by atoms with van der Waals surface area (Å²) in [4.78, 5) is 4.77. The van der Waals surface area contributed by atoms with Gasteiger partial charge in [-0.05, 0) is 23.3 Å². The van der Waals surface area contributed by atoms with Crippen molar-refractivity contribution in [3.63, 3.8) is 0 Å². The Labute approximate surface area is 148 Å². The first kappa shape index (κ1) is 15.6. The number of nitrogens with zero attached hydrogens (tertiary/aromatic N) is 2. The van der Waals surface area contributed by atoms with Gasteiger partial charge in [-0.25, -0.2) is 4.98 Å². The van der Waals surface area contributed by atoms with Crippen LogP contribution in [-0.2, 0) is 13.6 Å². The Bertz CT molecular complexity index is 919. The lowest BCUT2D eigenvalue weighted by Crippen LogP contribution is -2.23. The summed E-state index contributed by atoms with van der Waals surface area (Å²) in [7, 11) is 2.08. The fourth-order valence-corrected chi connectivity index (χ4v) is 3.27. The molecule has 25 heavy (non-hydrogen) atoms. The maximum Gasteiger partial charge on any atom is 0.123 e. The minimum atomic E-state index is 0.141. The highest BCUT2D eigenvalue weighted by molar-refractivity contribution is 5.75. The highest BCUT2D eigenvalue weighted by Crippen LogP contribution is 2.23. The molecule has 0 saturated carbocycles. The van der Waals surface area contributed by atoms with E-state index in [1.807, 2.05) is 6.07 Å². The number of aryl methyl sites for hydroxylation is 1. The van der Waals surface area contributed by atoms with E-state index in [1.165, 1.54) is 11.1 Å². The van der Waals surface area contributed by atoms with Gasteiger partial charge in [0.15, 0.2) is 0 Å². The van der Waals surface area contributed by atoms with Gasteiger partial charge in [0, 0.05) is 7.05 Å². The van der Waals surface area contributed by atoms with E-state index in [4.69, 9.17) is 4.98 Å². The Morgan fingerprint density at radius 1 is 0.800 bits per heavy atom. The van der Waals surface area contributed by atoms with Gasteiger partial charge in [-0.2, -0.15) is 0 Å². The summed E-state index contributed by atoms with van der Waals surface area (Å²) in [5, 5.41) is 3.69. The first-order valence-corrected chi connectivity index (χ1v) is 8.56. The highest BCUT2D eigenvalue weighted by atomic mass is 15.1. The Morgan fingerprint density at radius 2 is 1.36 bits per heavy atom. The lowest BCUT2D eigenvalue weighted by Gasteiger charge is -2.20. The summed E-state index contributed by atoms with van der Waals surface area (Å²) in [6, 6.07) is 29.5. The number of benzene rings is 3. The van der Waals surface area contributed by atoms with Crippen LogP contribution in [0.4, 0.5) is 0 Å². The number of imidazole rings is 1. The summed E-state index contributed by atoms with van der Waals surface area (Å²) in [6.45, 7) is 0.708. The molecule has 0 aliphatic rings. The molecule has 4 aromatic rings. The molecule has 0 amide bonds. The molecule has 0 bridgehead atoms. The lowest BCUT2D eigenvalue weighted by atomic mass is 9.99. The first-order valence-electron chi connectivity index (χ1n) is 8.56. The number of hydrogen-bond donors (Lipinski definition) is 1. The summed E-state index contributed by atoms with van der Waals surface area (Å²) >= 11 is 0. The molecule has 3 aromatic carbocycles. The zero-order valence-corrected chi connectivity index (χ0v) is 14.3.